The van der Waals surface area contributed by atoms with Crippen LogP contribution < -0.4 is 10.1 Å². The van der Waals surface area contributed by atoms with Crippen LogP contribution >= 0.6 is 0 Å². The van der Waals surface area contributed by atoms with E-state index in [1.54, 1.807) is 37.3 Å². The number of ether oxygens (including phenoxy) is 1. The second-order valence-corrected chi connectivity index (χ2v) is 6.62. The third-order valence-corrected chi connectivity index (χ3v) is 4.25. The highest BCUT2D eigenvalue weighted by atomic mass is 19.4. The fraction of sp³-hybridized carbons (Fsp3) is 0.182. The minimum Gasteiger partial charge on any atom is -0.438 e. The van der Waals surface area contributed by atoms with Gasteiger partial charge in [-0.15, -0.1) is 0 Å². The zero-order valence-electron chi connectivity index (χ0n) is 16.0. The lowest BCUT2D eigenvalue weighted by atomic mass is 10.0. The van der Waals surface area contributed by atoms with Gasteiger partial charge in [0.25, 0.3) is 5.91 Å². The van der Waals surface area contributed by atoms with Crippen LogP contribution in [-0.4, -0.2) is 28.6 Å². The topological polar surface area (TPSA) is 71.5 Å². The van der Waals surface area contributed by atoms with Gasteiger partial charge in [-0.3, -0.25) is 4.79 Å². The van der Waals surface area contributed by atoms with Crippen molar-refractivity contribution in [1.82, 2.24) is 10.3 Å². The second-order valence-electron chi connectivity index (χ2n) is 6.62. The number of nitrogens with zero attached hydrogens (tertiary/aromatic N) is 1. The summed E-state index contributed by atoms with van der Waals surface area (Å²) in [7, 11) is 0. The van der Waals surface area contributed by atoms with Crippen molar-refractivity contribution in [3.63, 3.8) is 0 Å². The smallest absolute Gasteiger partial charge is 0.416 e. The average Bonchev–Trinajstić information content (AvgIpc) is 2.74. The van der Waals surface area contributed by atoms with Gasteiger partial charge in [-0.1, -0.05) is 30.3 Å². The van der Waals surface area contributed by atoms with Crippen molar-refractivity contribution in [2.75, 3.05) is 6.61 Å². The predicted molar refractivity (Wildman–Crippen MR) is 105 cm³/mol. The highest BCUT2D eigenvalue weighted by Crippen LogP contribution is 2.34. The van der Waals surface area contributed by atoms with Crippen LogP contribution in [0, 0.1) is 0 Å². The molecule has 156 valence electrons. The number of aromatic nitrogens is 1. The van der Waals surface area contributed by atoms with Gasteiger partial charge in [0.15, 0.2) is 0 Å². The number of carbonyl (C=O) groups excluding carboxylic acids is 1. The first kappa shape index (κ1) is 21.3. The van der Waals surface area contributed by atoms with Crippen molar-refractivity contribution < 1.29 is 27.8 Å². The number of alkyl halides is 3. The largest absolute Gasteiger partial charge is 0.438 e. The van der Waals surface area contributed by atoms with Crippen molar-refractivity contribution in [2.45, 2.75) is 19.1 Å². The van der Waals surface area contributed by atoms with Crippen LogP contribution in [0.3, 0.4) is 0 Å². The number of nitrogens with one attached hydrogen (secondary N) is 1. The molecule has 5 nitrogen and oxygen atoms in total. The molecule has 8 heteroatoms. The number of hydrogen-bond donors (Lipinski definition) is 2. The maximum Gasteiger partial charge on any atom is 0.416 e. The van der Waals surface area contributed by atoms with Gasteiger partial charge < -0.3 is 15.2 Å². The number of rotatable bonds is 6. The lowest BCUT2D eigenvalue weighted by Gasteiger charge is -2.14. The summed E-state index contributed by atoms with van der Waals surface area (Å²) < 4.78 is 44.0. The number of halogens is 3. The average molecular weight is 416 g/mol. The third kappa shape index (κ3) is 5.15. The summed E-state index contributed by atoms with van der Waals surface area (Å²) in [5.41, 5.74) is 0.696. The number of aliphatic hydroxyl groups excluding tert-OH is 1. The van der Waals surface area contributed by atoms with Gasteiger partial charge in [0.05, 0.1) is 17.7 Å². The number of amides is 1. The lowest BCUT2D eigenvalue weighted by Crippen LogP contribution is -2.35. The molecular formula is C22H19F3N2O3. The van der Waals surface area contributed by atoms with Crippen LogP contribution in [0.2, 0.25) is 0 Å². The van der Waals surface area contributed by atoms with Gasteiger partial charge in [-0.2, -0.15) is 13.2 Å². The van der Waals surface area contributed by atoms with Gasteiger partial charge in [0.2, 0.25) is 5.88 Å². The molecule has 2 aromatic carbocycles. The van der Waals surface area contributed by atoms with Gasteiger partial charge in [-0.25, -0.2) is 4.98 Å². The minimum atomic E-state index is -4.44. The molecular weight excluding hydrogens is 397 g/mol. The Labute approximate surface area is 171 Å². The predicted octanol–water partition coefficient (Wildman–Crippen LogP) is 4.67. The fourth-order valence-electron chi connectivity index (χ4n) is 2.66. The second kappa shape index (κ2) is 8.96. The molecule has 0 aliphatic rings. The van der Waals surface area contributed by atoms with Gasteiger partial charge in [0.1, 0.15) is 5.75 Å². The van der Waals surface area contributed by atoms with E-state index < -0.39 is 23.7 Å². The van der Waals surface area contributed by atoms with E-state index in [4.69, 9.17) is 9.84 Å². The van der Waals surface area contributed by atoms with Crippen LogP contribution in [-0.2, 0) is 6.18 Å². The fourth-order valence-corrected chi connectivity index (χ4v) is 2.66. The van der Waals surface area contributed by atoms with Crippen LogP contribution in [0.1, 0.15) is 22.8 Å². The van der Waals surface area contributed by atoms with Crippen LogP contribution in [0.4, 0.5) is 13.2 Å². The molecule has 2 N–H and O–H groups in total. The van der Waals surface area contributed by atoms with E-state index in [2.05, 4.69) is 10.3 Å². The minimum absolute atomic E-state index is 0.146. The van der Waals surface area contributed by atoms with Gasteiger partial charge >= 0.3 is 6.18 Å². The Kier molecular flexibility index (Phi) is 6.37. The standard InChI is InChI=1S/C22H19F3N2O3/c1-14(13-28)27-20(29)16-11-19(15-5-3-2-4-6-15)21(26-12-16)30-18-9-7-17(8-10-18)22(23,24)25/h2-12,14,28H,13H2,1H3,(H,27,29)/t14-/m1/s1. The molecule has 0 spiro atoms. The first-order valence-corrected chi connectivity index (χ1v) is 9.10. The first-order valence-electron chi connectivity index (χ1n) is 9.10. The molecule has 0 unspecified atom stereocenters. The van der Waals surface area contributed by atoms with E-state index in [1.165, 1.54) is 18.3 Å². The summed E-state index contributed by atoms with van der Waals surface area (Å²) in [6, 6.07) is 14.5. The highest BCUT2D eigenvalue weighted by Gasteiger charge is 2.30. The van der Waals surface area contributed by atoms with E-state index in [0.717, 1.165) is 17.7 Å². The summed E-state index contributed by atoms with van der Waals surface area (Å²) in [5, 5.41) is 11.8. The number of benzene rings is 2. The molecule has 3 rings (SSSR count). The third-order valence-electron chi connectivity index (χ3n) is 4.25. The van der Waals surface area contributed by atoms with Crippen LogP contribution in [0.25, 0.3) is 11.1 Å². The molecule has 0 aliphatic carbocycles. The van der Waals surface area contributed by atoms with Gasteiger partial charge in [0, 0.05) is 17.8 Å². The van der Waals surface area contributed by atoms with Crippen molar-refractivity contribution in [1.29, 1.82) is 0 Å². The molecule has 0 fully saturated rings. The molecule has 3 aromatic rings. The normalized spacial score (nSPS) is 12.3. The zero-order chi connectivity index (χ0) is 21.7. The van der Waals surface area contributed by atoms with Crippen molar-refractivity contribution in [3.05, 3.63) is 78.0 Å². The lowest BCUT2D eigenvalue weighted by molar-refractivity contribution is -0.137. The summed E-state index contributed by atoms with van der Waals surface area (Å²) in [4.78, 5) is 16.6. The highest BCUT2D eigenvalue weighted by molar-refractivity contribution is 5.95. The van der Waals surface area contributed by atoms with Crippen LogP contribution in [0.5, 0.6) is 11.6 Å². The SMILES string of the molecule is C[C@H](CO)NC(=O)c1cnc(Oc2ccc(C(F)(F)F)cc2)c(-c2ccccc2)c1. The molecule has 0 bridgehead atoms. The number of hydrogen-bond acceptors (Lipinski definition) is 4. The summed E-state index contributed by atoms with van der Waals surface area (Å²) >= 11 is 0. The molecule has 1 amide bonds. The Bertz CT molecular complexity index is 1010. The number of aliphatic hydroxyl groups is 1. The maximum atomic E-state index is 12.8. The number of carbonyl (C=O) groups is 1. The molecule has 1 heterocycles. The van der Waals surface area contributed by atoms with Crippen molar-refractivity contribution in [2.24, 2.45) is 0 Å². The quantitative estimate of drug-likeness (QED) is 0.613. The van der Waals surface area contributed by atoms with E-state index in [-0.39, 0.29) is 23.8 Å². The summed E-state index contributed by atoms with van der Waals surface area (Å²) in [6.07, 6.45) is -3.13. The molecule has 0 saturated heterocycles. The Morgan fingerprint density at radius 1 is 1.13 bits per heavy atom. The molecule has 1 atom stereocenters. The van der Waals surface area contributed by atoms with Gasteiger partial charge in [-0.05, 0) is 42.8 Å². The Hall–Kier alpha value is -3.39. The summed E-state index contributed by atoms with van der Waals surface area (Å²) in [6.45, 7) is 1.45. The maximum absolute atomic E-state index is 12.8. The van der Waals surface area contributed by atoms with Crippen molar-refractivity contribution in [3.8, 4) is 22.8 Å². The van der Waals surface area contributed by atoms with E-state index in [9.17, 15) is 18.0 Å². The molecule has 30 heavy (non-hydrogen) atoms. The van der Waals surface area contributed by atoms with E-state index >= 15 is 0 Å². The monoisotopic (exact) mass is 416 g/mol. The Morgan fingerprint density at radius 2 is 1.80 bits per heavy atom. The Balaban J connectivity index is 1.94. The van der Waals surface area contributed by atoms with Crippen molar-refractivity contribution >= 4 is 5.91 Å². The molecule has 0 saturated carbocycles. The number of pyridine rings is 1. The Morgan fingerprint density at radius 3 is 2.40 bits per heavy atom. The molecule has 0 aliphatic heterocycles. The zero-order valence-corrected chi connectivity index (χ0v) is 16.0. The van der Waals surface area contributed by atoms with Crippen LogP contribution in [0.15, 0.2) is 66.9 Å². The summed E-state index contributed by atoms with van der Waals surface area (Å²) in [5.74, 6) is -0.0891. The molecule has 1 aromatic heterocycles. The van der Waals surface area contributed by atoms with E-state index in [0.29, 0.717) is 5.56 Å². The van der Waals surface area contributed by atoms with E-state index in [1.807, 2.05) is 6.07 Å². The molecule has 0 radical (unpaired) electrons. The first-order chi connectivity index (χ1) is 14.3.